The van der Waals surface area contributed by atoms with Gasteiger partial charge in [-0.25, -0.2) is 0 Å². The molecule has 0 aliphatic rings. The van der Waals surface area contributed by atoms with Crippen LogP contribution in [0.4, 0.5) is 11.4 Å². The van der Waals surface area contributed by atoms with Gasteiger partial charge in [0, 0.05) is 18.3 Å². The summed E-state index contributed by atoms with van der Waals surface area (Å²) in [6.07, 6.45) is 1.94. The van der Waals surface area contributed by atoms with Crippen molar-refractivity contribution >= 4 is 11.4 Å². The average Bonchev–Trinajstić information content (AvgIpc) is 2.49. The molecule has 0 radical (unpaired) electrons. The predicted molar refractivity (Wildman–Crippen MR) is 80.8 cm³/mol. The molecular weight excluding hydrogens is 234 g/mol. The molecule has 19 heavy (non-hydrogen) atoms. The standard InChI is InChI=1S/C16H21N3/c1-4-19(14-8-6-5-7-9-14)15-10-11-16(18-12-15)13(2)17-3/h5-13,17H,4H2,1-3H3. The van der Waals surface area contributed by atoms with Crippen LogP contribution < -0.4 is 10.2 Å². The Morgan fingerprint density at radius 2 is 1.84 bits per heavy atom. The van der Waals surface area contributed by atoms with E-state index in [0.717, 1.165) is 17.9 Å². The van der Waals surface area contributed by atoms with Crippen LogP contribution in [0.15, 0.2) is 48.7 Å². The van der Waals surface area contributed by atoms with Gasteiger partial charge >= 0.3 is 0 Å². The minimum atomic E-state index is 0.279. The maximum Gasteiger partial charge on any atom is 0.0597 e. The zero-order valence-electron chi connectivity index (χ0n) is 11.8. The maximum atomic E-state index is 4.54. The van der Waals surface area contributed by atoms with Crippen LogP contribution in [0.3, 0.4) is 0 Å². The Morgan fingerprint density at radius 1 is 1.11 bits per heavy atom. The fourth-order valence-corrected chi connectivity index (χ4v) is 2.08. The van der Waals surface area contributed by atoms with Gasteiger partial charge in [-0.15, -0.1) is 0 Å². The van der Waals surface area contributed by atoms with Gasteiger partial charge in [-0.05, 0) is 45.2 Å². The molecule has 1 aromatic carbocycles. The molecule has 0 aliphatic heterocycles. The third-order valence-corrected chi connectivity index (χ3v) is 3.34. The molecule has 3 nitrogen and oxygen atoms in total. The maximum absolute atomic E-state index is 4.54. The van der Waals surface area contributed by atoms with Gasteiger partial charge in [0.15, 0.2) is 0 Å². The number of para-hydroxylation sites is 1. The zero-order chi connectivity index (χ0) is 13.7. The molecule has 2 rings (SSSR count). The second-order valence-electron chi connectivity index (χ2n) is 4.53. The van der Waals surface area contributed by atoms with Crippen molar-refractivity contribution in [2.45, 2.75) is 19.9 Å². The lowest BCUT2D eigenvalue weighted by Gasteiger charge is -2.23. The number of aromatic nitrogens is 1. The molecule has 2 aromatic rings. The van der Waals surface area contributed by atoms with Crippen LogP contribution in [-0.2, 0) is 0 Å². The zero-order valence-corrected chi connectivity index (χ0v) is 11.8. The molecule has 1 heterocycles. The fraction of sp³-hybridized carbons (Fsp3) is 0.312. The summed E-state index contributed by atoms with van der Waals surface area (Å²) in [5, 5.41) is 3.20. The fourth-order valence-electron chi connectivity index (χ4n) is 2.08. The summed E-state index contributed by atoms with van der Waals surface area (Å²) in [6.45, 7) is 5.18. The average molecular weight is 255 g/mol. The minimum absolute atomic E-state index is 0.279. The summed E-state index contributed by atoms with van der Waals surface area (Å²) in [5.41, 5.74) is 3.39. The highest BCUT2D eigenvalue weighted by Gasteiger charge is 2.09. The Bertz CT molecular complexity index is 493. The first kappa shape index (κ1) is 13.6. The van der Waals surface area contributed by atoms with Crippen molar-refractivity contribution in [2.75, 3.05) is 18.5 Å². The van der Waals surface area contributed by atoms with E-state index in [-0.39, 0.29) is 6.04 Å². The van der Waals surface area contributed by atoms with Crippen LogP contribution in [0.1, 0.15) is 25.6 Å². The van der Waals surface area contributed by atoms with E-state index in [2.05, 4.69) is 65.4 Å². The van der Waals surface area contributed by atoms with Crippen molar-refractivity contribution < 1.29 is 0 Å². The molecule has 100 valence electrons. The van der Waals surface area contributed by atoms with Crippen LogP contribution in [0.25, 0.3) is 0 Å². The molecular formula is C16H21N3. The second-order valence-corrected chi connectivity index (χ2v) is 4.53. The van der Waals surface area contributed by atoms with Gasteiger partial charge in [0.25, 0.3) is 0 Å². The number of hydrogen-bond donors (Lipinski definition) is 1. The first-order chi connectivity index (χ1) is 9.26. The van der Waals surface area contributed by atoms with E-state index in [4.69, 9.17) is 0 Å². The molecule has 0 aliphatic carbocycles. The van der Waals surface area contributed by atoms with Gasteiger partial charge in [-0.2, -0.15) is 0 Å². The number of hydrogen-bond acceptors (Lipinski definition) is 3. The van der Waals surface area contributed by atoms with E-state index < -0.39 is 0 Å². The SMILES string of the molecule is CCN(c1ccccc1)c1ccc(C(C)NC)nc1. The van der Waals surface area contributed by atoms with Gasteiger partial charge in [0.1, 0.15) is 0 Å². The highest BCUT2D eigenvalue weighted by Crippen LogP contribution is 2.24. The number of rotatable bonds is 5. The van der Waals surface area contributed by atoms with Crippen LogP contribution in [0.2, 0.25) is 0 Å². The second kappa shape index (κ2) is 6.34. The summed E-state index contributed by atoms with van der Waals surface area (Å²) in [7, 11) is 1.95. The van der Waals surface area contributed by atoms with Gasteiger partial charge < -0.3 is 10.2 Å². The largest absolute Gasteiger partial charge is 0.341 e. The molecule has 0 saturated heterocycles. The van der Waals surface area contributed by atoms with Gasteiger partial charge in [0.2, 0.25) is 0 Å². The van der Waals surface area contributed by atoms with Crippen LogP contribution >= 0.6 is 0 Å². The lowest BCUT2D eigenvalue weighted by Crippen LogP contribution is -2.17. The Kier molecular flexibility index (Phi) is 4.53. The molecule has 1 aromatic heterocycles. The predicted octanol–water partition coefficient (Wildman–Crippen LogP) is 3.52. The number of benzene rings is 1. The van der Waals surface area contributed by atoms with Crippen LogP contribution in [0, 0.1) is 0 Å². The minimum Gasteiger partial charge on any atom is -0.341 e. The summed E-state index contributed by atoms with van der Waals surface area (Å²) in [5.74, 6) is 0. The molecule has 0 bridgehead atoms. The van der Waals surface area contributed by atoms with Crippen molar-refractivity contribution in [2.24, 2.45) is 0 Å². The Hall–Kier alpha value is -1.87. The number of nitrogens with zero attached hydrogens (tertiary/aromatic N) is 2. The summed E-state index contributed by atoms with van der Waals surface area (Å²) in [4.78, 5) is 6.79. The lowest BCUT2D eigenvalue weighted by atomic mass is 10.2. The Morgan fingerprint density at radius 3 is 2.37 bits per heavy atom. The molecule has 0 amide bonds. The van der Waals surface area contributed by atoms with E-state index in [9.17, 15) is 0 Å². The van der Waals surface area contributed by atoms with Crippen LogP contribution in [0.5, 0.6) is 0 Å². The number of anilines is 2. The molecule has 3 heteroatoms. The topological polar surface area (TPSA) is 28.2 Å². The molecule has 0 spiro atoms. The van der Waals surface area contributed by atoms with Crippen molar-refractivity contribution in [3.05, 3.63) is 54.4 Å². The molecule has 0 saturated carbocycles. The highest BCUT2D eigenvalue weighted by atomic mass is 15.1. The Balaban J connectivity index is 2.25. The molecule has 0 fully saturated rings. The third kappa shape index (κ3) is 3.12. The van der Waals surface area contributed by atoms with E-state index in [1.165, 1.54) is 5.69 Å². The summed E-state index contributed by atoms with van der Waals surface area (Å²) in [6, 6.07) is 14.9. The van der Waals surface area contributed by atoms with Crippen molar-refractivity contribution in [3.63, 3.8) is 0 Å². The first-order valence-electron chi connectivity index (χ1n) is 6.72. The highest BCUT2D eigenvalue weighted by molar-refractivity contribution is 5.62. The van der Waals surface area contributed by atoms with Gasteiger partial charge in [-0.3, -0.25) is 4.98 Å². The monoisotopic (exact) mass is 255 g/mol. The van der Waals surface area contributed by atoms with Gasteiger partial charge in [0.05, 0.1) is 17.6 Å². The van der Waals surface area contributed by atoms with Crippen molar-refractivity contribution in [1.29, 1.82) is 0 Å². The van der Waals surface area contributed by atoms with E-state index >= 15 is 0 Å². The van der Waals surface area contributed by atoms with E-state index in [0.29, 0.717) is 0 Å². The third-order valence-electron chi connectivity index (χ3n) is 3.34. The number of nitrogens with one attached hydrogen (secondary N) is 1. The quantitative estimate of drug-likeness (QED) is 0.886. The summed E-state index contributed by atoms with van der Waals surface area (Å²) >= 11 is 0. The van der Waals surface area contributed by atoms with Crippen molar-refractivity contribution in [1.82, 2.24) is 10.3 Å². The molecule has 1 unspecified atom stereocenters. The van der Waals surface area contributed by atoms with Gasteiger partial charge in [-0.1, -0.05) is 18.2 Å². The van der Waals surface area contributed by atoms with E-state index in [1.54, 1.807) is 0 Å². The first-order valence-corrected chi connectivity index (χ1v) is 6.72. The molecule has 1 atom stereocenters. The smallest absolute Gasteiger partial charge is 0.0597 e. The lowest BCUT2D eigenvalue weighted by molar-refractivity contribution is 0.633. The summed E-state index contributed by atoms with van der Waals surface area (Å²) < 4.78 is 0. The van der Waals surface area contributed by atoms with E-state index in [1.807, 2.05) is 19.3 Å². The molecule has 1 N–H and O–H groups in total. The number of pyridine rings is 1. The van der Waals surface area contributed by atoms with Crippen molar-refractivity contribution in [3.8, 4) is 0 Å². The van der Waals surface area contributed by atoms with Crippen LogP contribution in [-0.4, -0.2) is 18.6 Å². The normalized spacial score (nSPS) is 12.2. The Labute approximate surface area is 115 Å².